The number of rotatable bonds is 3. The third-order valence-corrected chi connectivity index (χ3v) is 12.9. The second-order valence-electron chi connectivity index (χ2n) is 14.8. The van der Waals surface area contributed by atoms with Crippen LogP contribution in [0.2, 0.25) is 0 Å². The summed E-state index contributed by atoms with van der Waals surface area (Å²) in [4.78, 5) is 0. The van der Waals surface area contributed by atoms with Gasteiger partial charge in [-0.05, 0) is 88.5 Å². The van der Waals surface area contributed by atoms with Gasteiger partial charge in [-0.1, -0.05) is 178 Å². The standard InChI is InChI=1S/C51H34S/c1-51(2)44-23-12-20-34(48(44)42-30-29-31-13-3-4-14-35(31)49(42)51)32-25-27-33(28-26-32)46-37-16-5-7-18-39(37)47(40-19-8-6-17-38(40)46)43-22-11-21-41-36-15-9-10-24-45(36)52-50(41)43/h3-30H,1-2H3. The summed E-state index contributed by atoms with van der Waals surface area (Å²) < 4.78 is 2.68. The van der Waals surface area contributed by atoms with E-state index in [9.17, 15) is 0 Å². The molecule has 0 aliphatic heterocycles. The molecule has 0 radical (unpaired) electrons. The summed E-state index contributed by atoms with van der Waals surface area (Å²) in [5.41, 5.74) is 13.2. The molecule has 0 saturated carbocycles. The molecular formula is C51H34S. The third-order valence-electron chi connectivity index (χ3n) is 11.7. The minimum atomic E-state index is -0.0821. The molecule has 9 aromatic carbocycles. The summed E-state index contributed by atoms with van der Waals surface area (Å²) in [5.74, 6) is 0. The van der Waals surface area contributed by atoms with Gasteiger partial charge >= 0.3 is 0 Å². The van der Waals surface area contributed by atoms with Crippen LogP contribution < -0.4 is 0 Å². The second kappa shape index (κ2) is 11.0. The lowest BCUT2D eigenvalue weighted by Gasteiger charge is -2.23. The van der Waals surface area contributed by atoms with Gasteiger partial charge in [-0.2, -0.15) is 0 Å². The zero-order valence-electron chi connectivity index (χ0n) is 29.1. The molecule has 1 aliphatic carbocycles. The van der Waals surface area contributed by atoms with Gasteiger partial charge in [-0.25, -0.2) is 0 Å². The molecule has 0 fully saturated rings. The van der Waals surface area contributed by atoms with Crippen molar-refractivity contribution in [3.63, 3.8) is 0 Å². The van der Waals surface area contributed by atoms with E-state index < -0.39 is 0 Å². The molecule has 1 aliphatic rings. The SMILES string of the molecule is CC1(C)c2cccc(-c3ccc(-c4c5ccccc5c(-c5cccc6c5sc5ccccc56)c5ccccc45)cc3)c2-c2ccc3ccccc3c21. The number of hydrogen-bond donors (Lipinski definition) is 0. The fourth-order valence-electron chi connectivity index (χ4n) is 9.38. The van der Waals surface area contributed by atoms with Crippen molar-refractivity contribution >= 4 is 63.8 Å². The normalized spacial score (nSPS) is 13.3. The molecular weight excluding hydrogens is 645 g/mol. The first-order valence-electron chi connectivity index (χ1n) is 18.2. The highest BCUT2D eigenvalue weighted by atomic mass is 32.1. The number of fused-ring (bicyclic) bond motifs is 10. The molecule has 0 N–H and O–H groups in total. The molecule has 244 valence electrons. The lowest BCUT2D eigenvalue weighted by atomic mass is 9.80. The fraction of sp³-hybridized carbons (Fsp3) is 0.0588. The molecule has 0 unspecified atom stereocenters. The summed E-state index contributed by atoms with van der Waals surface area (Å²) in [6.07, 6.45) is 0. The lowest BCUT2D eigenvalue weighted by Crippen LogP contribution is -2.15. The Morgan fingerprint density at radius 1 is 0.365 bits per heavy atom. The average Bonchev–Trinajstić information content (AvgIpc) is 3.69. The summed E-state index contributed by atoms with van der Waals surface area (Å²) >= 11 is 1.90. The summed E-state index contributed by atoms with van der Waals surface area (Å²) in [7, 11) is 0. The van der Waals surface area contributed by atoms with Gasteiger partial charge in [0.15, 0.2) is 0 Å². The minimum Gasteiger partial charge on any atom is -0.135 e. The quantitative estimate of drug-likeness (QED) is 0.163. The van der Waals surface area contributed by atoms with E-state index >= 15 is 0 Å². The van der Waals surface area contributed by atoms with E-state index in [2.05, 4.69) is 184 Å². The van der Waals surface area contributed by atoms with Crippen LogP contribution in [0.15, 0.2) is 170 Å². The minimum absolute atomic E-state index is 0.0821. The lowest BCUT2D eigenvalue weighted by molar-refractivity contribution is 0.666. The van der Waals surface area contributed by atoms with Crippen molar-refractivity contribution in [2.75, 3.05) is 0 Å². The first kappa shape index (κ1) is 29.7. The maximum absolute atomic E-state index is 2.39. The van der Waals surface area contributed by atoms with Crippen LogP contribution in [0.1, 0.15) is 25.0 Å². The van der Waals surface area contributed by atoms with Gasteiger partial charge in [-0.15, -0.1) is 11.3 Å². The van der Waals surface area contributed by atoms with Gasteiger partial charge in [0.05, 0.1) is 0 Å². The molecule has 1 heterocycles. The molecule has 0 nitrogen and oxygen atoms in total. The highest BCUT2D eigenvalue weighted by Crippen LogP contribution is 2.54. The number of hydrogen-bond acceptors (Lipinski definition) is 1. The van der Waals surface area contributed by atoms with Crippen molar-refractivity contribution in [2.24, 2.45) is 0 Å². The number of thiophene rings is 1. The Balaban J connectivity index is 1.11. The van der Waals surface area contributed by atoms with Gasteiger partial charge < -0.3 is 0 Å². The van der Waals surface area contributed by atoms with Crippen molar-refractivity contribution in [1.82, 2.24) is 0 Å². The van der Waals surface area contributed by atoms with Crippen LogP contribution in [0.3, 0.4) is 0 Å². The molecule has 0 saturated heterocycles. The maximum atomic E-state index is 2.39. The first-order valence-corrected chi connectivity index (χ1v) is 19.0. The molecule has 0 atom stereocenters. The van der Waals surface area contributed by atoms with Gasteiger partial charge in [0, 0.05) is 31.2 Å². The van der Waals surface area contributed by atoms with Crippen molar-refractivity contribution in [1.29, 1.82) is 0 Å². The van der Waals surface area contributed by atoms with Crippen LogP contribution >= 0.6 is 11.3 Å². The number of benzene rings is 9. The van der Waals surface area contributed by atoms with Crippen LogP contribution in [0.4, 0.5) is 0 Å². The van der Waals surface area contributed by atoms with E-state index in [0.717, 1.165) is 0 Å². The van der Waals surface area contributed by atoms with Crippen LogP contribution in [0.25, 0.3) is 97.0 Å². The molecule has 10 aromatic rings. The summed E-state index contributed by atoms with van der Waals surface area (Å²) in [6, 6.07) is 63.4. The Morgan fingerprint density at radius 3 is 1.65 bits per heavy atom. The molecule has 52 heavy (non-hydrogen) atoms. The predicted octanol–water partition coefficient (Wildman–Crippen LogP) is 14.8. The first-order chi connectivity index (χ1) is 25.6. The van der Waals surface area contributed by atoms with Crippen molar-refractivity contribution in [3.8, 4) is 44.5 Å². The van der Waals surface area contributed by atoms with Crippen molar-refractivity contribution < 1.29 is 0 Å². The third kappa shape index (κ3) is 4.09. The second-order valence-corrected chi connectivity index (χ2v) is 15.8. The largest absolute Gasteiger partial charge is 0.135 e. The molecule has 0 spiro atoms. The molecule has 0 amide bonds. The molecule has 0 bridgehead atoms. The van der Waals surface area contributed by atoms with E-state index in [0.29, 0.717) is 0 Å². The Morgan fingerprint density at radius 2 is 0.923 bits per heavy atom. The Kier molecular flexibility index (Phi) is 6.27. The smallest absolute Gasteiger partial charge is 0.0434 e. The van der Waals surface area contributed by atoms with Crippen molar-refractivity contribution in [2.45, 2.75) is 19.3 Å². The Labute approximate surface area is 307 Å². The van der Waals surface area contributed by atoms with Gasteiger partial charge in [-0.3, -0.25) is 0 Å². The zero-order valence-corrected chi connectivity index (χ0v) is 29.9. The molecule has 11 rings (SSSR count). The van der Waals surface area contributed by atoms with Gasteiger partial charge in [0.25, 0.3) is 0 Å². The predicted molar refractivity (Wildman–Crippen MR) is 226 cm³/mol. The van der Waals surface area contributed by atoms with Crippen LogP contribution in [-0.4, -0.2) is 0 Å². The maximum Gasteiger partial charge on any atom is 0.0434 e. The van der Waals surface area contributed by atoms with Gasteiger partial charge in [0.1, 0.15) is 0 Å². The Hall–Kier alpha value is -6.02. The molecule has 1 aromatic heterocycles. The monoisotopic (exact) mass is 678 g/mol. The van der Waals surface area contributed by atoms with Crippen molar-refractivity contribution in [3.05, 3.63) is 181 Å². The average molecular weight is 679 g/mol. The Bertz CT molecular complexity index is 3030. The summed E-state index contributed by atoms with van der Waals surface area (Å²) in [5, 5.41) is 10.5. The van der Waals surface area contributed by atoms with E-state index in [1.165, 1.54) is 108 Å². The summed E-state index contributed by atoms with van der Waals surface area (Å²) in [6.45, 7) is 4.77. The van der Waals surface area contributed by atoms with Crippen LogP contribution in [-0.2, 0) is 5.41 Å². The topological polar surface area (TPSA) is 0 Å². The van der Waals surface area contributed by atoms with E-state index in [4.69, 9.17) is 0 Å². The highest BCUT2D eigenvalue weighted by Gasteiger charge is 2.38. The fourth-order valence-corrected chi connectivity index (χ4v) is 10.6. The highest BCUT2D eigenvalue weighted by molar-refractivity contribution is 7.26. The van der Waals surface area contributed by atoms with Crippen LogP contribution in [0.5, 0.6) is 0 Å². The van der Waals surface area contributed by atoms with E-state index in [1.807, 2.05) is 11.3 Å². The van der Waals surface area contributed by atoms with Crippen LogP contribution in [0, 0.1) is 0 Å². The van der Waals surface area contributed by atoms with Gasteiger partial charge in [0.2, 0.25) is 0 Å². The van der Waals surface area contributed by atoms with E-state index in [-0.39, 0.29) is 5.41 Å². The molecule has 1 heteroatoms. The van der Waals surface area contributed by atoms with E-state index in [1.54, 1.807) is 0 Å². The zero-order chi connectivity index (χ0) is 34.6.